The monoisotopic (exact) mass is 1100 g/mol. The quantitative estimate of drug-likeness (QED) is 0.0501. The van der Waals surface area contributed by atoms with Crippen LogP contribution in [-0.4, -0.2) is 19.1 Å². The van der Waals surface area contributed by atoms with Crippen molar-refractivity contribution in [1.29, 1.82) is 0 Å². The Morgan fingerprint density at radius 1 is 0.333 bits per heavy atom. The van der Waals surface area contributed by atoms with Crippen LogP contribution in [0.5, 0.6) is 0 Å². The van der Waals surface area contributed by atoms with E-state index in [1.165, 1.54) is 119 Å². The summed E-state index contributed by atoms with van der Waals surface area (Å²) in [4.78, 5) is 16.7. The summed E-state index contributed by atoms with van der Waals surface area (Å²) < 4.78 is 5.25. The zero-order chi connectivity index (χ0) is 58.0. The van der Waals surface area contributed by atoms with Gasteiger partial charge in [0.2, 0.25) is 0 Å². The Labute approximate surface area is 499 Å². The molecule has 0 N–H and O–H groups in total. The number of imidazole rings is 2. The van der Waals surface area contributed by atoms with Crippen LogP contribution in [0.2, 0.25) is 0 Å². The minimum atomic E-state index is -0.141. The number of rotatable bonds is 22. The number of para-hydroxylation sites is 4. The number of hydrogen-bond acceptors (Lipinski definition) is 4. The molecule has 0 unspecified atom stereocenters. The number of hydrogen-bond donors (Lipinski definition) is 0. The van der Waals surface area contributed by atoms with Gasteiger partial charge in [-0.25, -0.2) is 9.97 Å². The molecule has 0 saturated carbocycles. The van der Waals surface area contributed by atoms with Crippen molar-refractivity contribution in [2.24, 2.45) is 0 Å². The summed E-state index contributed by atoms with van der Waals surface area (Å²) in [5, 5.41) is 7.61. The van der Waals surface area contributed by atoms with Crippen molar-refractivity contribution in [3.05, 3.63) is 205 Å². The van der Waals surface area contributed by atoms with Gasteiger partial charge in [-0.2, -0.15) is 0 Å². The highest BCUT2D eigenvalue weighted by atomic mass is 15.2. The zero-order valence-electron chi connectivity index (χ0n) is 51.1. The smallest absolute Gasteiger partial charge is 0.141 e. The van der Waals surface area contributed by atoms with Gasteiger partial charge in [-0.15, -0.1) is 0 Å². The van der Waals surface area contributed by atoms with E-state index >= 15 is 0 Å². The zero-order valence-corrected chi connectivity index (χ0v) is 51.1. The summed E-state index contributed by atoms with van der Waals surface area (Å²) in [6.07, 6.45) is 14.6. The van der Waals surface area contributed by atoms with E-state index in [0.29, 0.717) is 0 Å². The highest BCUT2D eigenvalue weighted by Crippen LogP contribution is 2.50. The number of nitrogens with zero attached hydrogens (tertiary/aromatic N) is 6. The molecule has 10 aromatic carbocycles. The second kappa shape index (κ2) is 24.2. The summed E-state index contributed by atoms with van der Waals surface area (Å²) in [6.45, 7) is 20.6. The van der Waals surface area contributed by atoms with E-state index in [-0.39, 0.29) is 10.8 Å². The van der Waals surface area contributed by atoms with E-state index in [1.54, 1.807) is 0 Å². The minimum absolute atomic E-state index is 0.141. The van der Waals surface area contributed by atoms with Crippen LogP contribution in [0.3, 0.4) is 0 Å². The van der Waals surface area contributed by atoms with Gasteiger partial charge in [0.15, 0.2) is 0 Å². The van der Waals surface area contributed by atoms with Crippen molar-refractivity contribution in [3.63, 3.8) is 0 Å². The standard InChI is InChI=1S/C78H84N6/c1-9-11-13-15-17-31-49-81-73-67-53-57(77(3,4)5)52-66-69(67)70-65(71(73)79-75(81)55-41-45-63(46-42-55)83(59-33-23-19-24-34-59)60-35-25-20-26-36-60)51-58(78(6,7)8)54-68(70)74-72(66)80-76(82(74)50-32-18-16-14-12-10-2)56-43-47-64(48-44-56)84(61-37-27-21-28-38-61)62-39-29-22-30-40-62/h19-30,33-48,51-54H,9-18,31-32,49-50H2,1-8H3. The molecule has 12 rings (SSSR count). The van der Waals surface area contributed by atoms with Gasteiger partial charge in [-0.3, -0.25) is 0 Å². The van der Waals surface area contributed by atoms with Gasteiger partial charge in [0.25, 0.3) is 0 Å². The molecule has 6 nitrogen and oxygen atoms in total. The lowest BCUT2D eigenvalue weighted by molar-refractivity contribution is 0.566. The van der Waals surface area contributed by atoms with Crippen LogP contribution in [0.1, 0.15) is 144 Å². The van der Waals surface area contributed by atoms with Crippen molar-refractivity contribution in [2.45, 2.75) is 156 Å². The first kappa shape index (κ1) is 56.3. The predicted molar refractivity (Wildman–Crippen MR) is 361 cm³/mol. The highest BCUT2D eigenvalue weighted by molar-refractivity contribution is 6.39. The van der Waals surface area contributed by atoms with E-state index in [1.807, 2.05) is 0 Å². The maximum Gasteiger partial charge on any atom is 0.141 e. The molecule has 0 aliphatic heterocycles. The molecule has 0 radical (unpaired) electrons. The van der Waals surface area contributed by atoms with Crippen molar-refractivity contribution in [1.82, 2.24) is 19.1 Å². The van der Waals surface area contributed by atoms with Gasteiger partial charge < -0.3 is 18.9 Å². The van der Waals surface area contributed by atoms with Crippen molar-refractivity contribution >= 4 is 88.5 Å². The van der Waals surface area contributed by atoms with Gasteiger partial charge in [-0.1, -0.05) is 192 Å². The molecule has 84 heavy (non-hydrogen) atoms. The molecule has 12 aromatic rings. The maximum absolute atomic E-state index is 6.00. The first-order chi connectivity index (χ1) is 40.9. The molecule has 0 amide bonds. The van der Waals surface area contributed by atoms with Crippen molar-refractivity contribution < 1.29 is 0 Å². The number of aryl methyl sites for hydroxylation is 2. The van der Waals surface area contributed by atoms with Crippen LogP contribution >= 0.6 is 0 Å². The van der Waals surface area contributed by atoms with E-state index in [9.17, 15) is 0 Å². The largest absolute Gasteiger partial charge is 0.323 e. The lowest BCUT2D eigenvalue weighted by Crippen LogP contribution is -2.12. The number of anilines is 6. The van der Waals surface area contributed by atoms with Crippen LogP contribution in [0.15, 0.2) is 194 Å². The maximum atomic E-state index is 6.00. The minimum Gasteiger partial charge on any atom is -0.323 e. The Morgan fingerprint density at radius 3 is 0.929 bits per heavy atom. The Bertz CT molecular complexity index is 3790. The third kappa shape index (κ3) is 11.1. The van der Waals surface area contributed by atoms with Crippen LogP contribution in [0.25, 0.3) is 77.2 Å². The molecule has 0 aliphatic rings. The summed E-state index contributed by atoms with van der Waals surface area (Å²) >= 11 is 0. The first-order valence-corrected chi connectivity index (χ1v) is 31.5. The van der Waals surface area contributed by atoms with E-state index < -0.39 is 0 Å². The lowest BCUT2D eigenvalue weighted by Gasteiger charge is -2.25. The molecular weight excluding hydrogens is 1020 g/mol. The summed E-state index contributed by atoms with van der Waals surface area (Å²) in [6, 6.07) is 71.4. The van der Waals surface area contributed by atoms with Crippen LogP contribution in [-0.2, 0) is 23.9 Å². The number of benzene rings is 10. The Morgan fingerprint density at radius 2 is 0.619 bits per heavy atom. The Kier molecular flexibility index (Phi) is 16.2. The van der Waals surface area contributed by atoms with Crippen LogP contribution in [0.4, 0.5) is 34.1 Å². The third-order valence-electron chi connectivity index (χ3n) is 17.5. The van der Waals surface area contributed by atoms with Crippen molar-refractivity contribution in [3.8, 4) is 22.8 Å². The predicted octanol–water partition coefficient (Wildman–Crippen LogP) is 22.9. The van der Waals surface area contributed by atoms with Crippen LogP contribution < -0.4 is 9.80 Å². The number of fused-ring (bicyclic) bond motifs is 6. The molecule has 0 atom stereocenters. The second-order valence-electron chi connectivity index (χ2n) is 25.6. The highest BCUT2D eigenvalue weighted by Gasteiger charge is 2.30. The molecular formula is C78H84N6. The fraction of sp³-hybridized carbons (Fsp3) is 0.308. The van der Waals surface area contributed by atoms with Gasteiger partial charge in [0.05, 0.1) is 22.1 Å². The normalized spacial score (nSPS) is 12.2. The van der Waals surface area contributed by atoms with Gasteiger partial charge in [0, 0.05) is 90.7 Å². The molecule has 0 spiro atoms. The molecule has 426 valence electrons. The molecule has 2 heterocycles. The Hall–Kier alpha value is -8.22. The molecule has 0 saturated heterocycles. The average Bonchev–Trinajstić information content (AvgIpc) is 1.38. The number of aromatic nitrogens is 4. The summed E-state index contributed by atoms with van der Waals surface area (Å²) in [5.41, 5.74) is 16.0. The van der Waals surface area contributed by atoms with E-state index in [2.05, 4.69) is 268 Å². The second-order valence-corrected chi connectivity index (χ2v) is 25.6. The number of unbranched alkanes of at least 4 members (excludes halogenated alkanes) is 10. The van der Waals surface area contributed by atoms with Crippen molar-refractivity contribution in [2.75, 3.05) is 9.80 Å². The summed E-state index contributed by atoms with van der Waals surface area (Å²) in [5.74, 6) is 2.06. The average molecular weight is 1110 g/mol. The Balaban J connectivity index is 1.11. The van der Waals surface area contributed by atoms with E-state index in [0.717, 1.165) is 93.9 Å². The summed E-state index contributed by atoms with van der Waals surface area (Å²) in [7, 11) is 0. The SMILES string of the molecule is CCCCCCCCn1c(-c2ccc(N(c3ccccc3)c3ccccc3)cc2)nc2c3cc(C(C)(C)C)cc4c3c3c(cc(C(C)(C)C)cc3c21)c1nc(-c2ccc(N(c3ccccc3)c3ccccc3)cc2)n(CCCCCCCC)c41. The first-order valence-electron chi connectivity index (χ1n) is 31.5. The van der Waals surface area contributed by atoms with Gasteiger partial charge in [0.1, 0.15) is 11.6 Å². The van der Waals surface area contributed by atoms with Crippen LogP contribution in [0, 0.1) is 0 Å². The third-order valence-corrected chi connectivity index (χ3v) is 17.5. The lowest BCUT2D eigenvalue weighted by atomic mass is 9.80. The van der Waals surface area contributed by atoms with Gasteiger partial charge in [-0.05, 0) is 156 Å². The van der Waals surface area contributed by atoms with Gasteiger partial charge >= 0.3 is 0 Å². The fourth-order valence-electron chi connectivity index (χ4n) is 13.0. The molecule has 0 bridgehead atoms. The fourth-order valence-corrected chi connectivity index (χ4v) is 13.0. The van der Waals surface area contributed by atoms with E-state index in [4.69, 9.17) is 9.97 Å². The molecule has 0 aliphatic carbocycles. The molecule has 0 fully saturated rings. The molecule has 2 aromatic heterocycles. The topological polar surface area (TPSA) is 42.1 Å². The molecule has 6 heteroatoms.